The summed E-state index contributed by atoms with van der Waals surface area (Å²) in [6.45, 7) is 6.54. The fourth-order valence-electron chi connectivity index (χ4n) is 1.86. The first kappa shape index (κ1) is 14.5. The van der Waals surface area contributed by atoms with Crippen LogP contribution in [0.5, 0.6) is 0 Å². The van der Waals surface area contributed by atoms with Crippen LogP contribution in [0.4, 0.5) is 0 Å². The van der Waals surface area contributed by atoms with Crippen LogP contribution in [0.1, 0.15) is 38.8 Å². The standard InChI is InChI=1S/C14H22ClNO/c1-4-13(16-14(9-17)10(2)3)11-5-7-12(15)8-6-11/h5-8,10,13-14,16-17H,4,9H2,1-3H3. The fraction of sp³-hybridized carbons (Fsp3) is 0.571. The predicted octanol–water partition coefficient (Wildman–Crippen LogP) is 3.40. The molecular weight excluding hydrogens is 234 g/mol. The van der Waals surface area contributed by atoms with Gasteiger partial charge < -0.3 is 10.4 Å². The number of hydrogen-bond acceptors (Lipinski definition) is 2. The molecular formula is C14H22ClNO. The van der Waals surface area contributed by atoms with Gasteiger partial charge in [-0.05, 0) is 30.0 Å². The Morgan fingerprint density at radius 1 is 1.24 bits per heavy atom. The average molecular weight is 256 g/mol. The second-order valence-corrected chi connectivity index (χ2v) is 5.15. The van der Waals surface area contributed by atoms with Crippen molar-refractivity contribution in [3.8, 4) is 0 Å². The Balaban J connectivity index is 2.74. The molecule has 0 saturated carbocycles. The molecule has 0 bridgehead atoms. The zero-order valence-corrected chi connectivity index (χ0v) is 11.5. The van der Waals surface area contributed by atoms with Gasteiger partial charge in [-0.25, -0.2) is 0 Å². The Labute approximate surface area is 109 Å². The van der Waals surface area contributed by atoms with E-state index in [1.165, 1.54) is 5.56 Å². The van der Waals surface area contributed by atoms with Crippen LogP contribution in [0.3, 0.4) is 0 Å². The van der Waals surface area contributed by atoms with E-state index >= 15 is 0 Å². The van der Waals surface area contributed by atoms with Gasteiger partial charge in [0.25, 0.3) is 0 Å². The monoisotopic (exact) mass is 255 g/mol. The Morgan fingerprint density at radius 2 is 1.82 bits per heavy atom. The van der Waals surface area contributed by atoms with Crippen molar-refractivity contribution in [2.75, 3.05) is 6.61 Å². The fourth-order valence-corrected chi connectivity index (χ4v) is 1.99. The highest BCUT2D eigenvalue weighted by Gasteiger charge is 2.17. The second-order valence-electron chi connectivity index (χ2n) is 4.71. The molecule has 0 radical (unpaired) electrons. The van der Waals surface area contributed by atoms with Gasteiger partial charge in [0.15, 0.2) is 0 Å². The van der Waals surface area contributed by atoms with Gasteiger partial charge in [-0.1, -0.05) is 44.5 Å². The molecule has 0 fully saturated rings. The summed E-state index contributed by atoms with van der Waals surface area (Å²) in [4.78, 5) is 0. The van der Waals surface area contributed by atoms with Crippen LogP contribution in [0, 0.1) is 5.92 Å². The first-order chi connectivity index (χ1) is 8.08. The van der Waals surface area contributed by atoms with E-state index < -0.39 is 0 Å². The molecule has 2 N–H and O–H groups in total. The lowest BCUT2D eigenvalue weighted by Crippen LogP contribution is -2.39. The van der Waals surface area contributed by atoms with Crippen LogP contribution in [-0.4, -0.2) is 17.8 Å². The molecule has 0 spiro atoms. The molecule has 0 saturated heterocycles. The van der Waals surface area contributed by atoms with Gasteiger partial charge in [-0.2, -0.15) is 0 Å². The molecule has 2 nitrogen and oxygen atoms in total. The molecule has 0 amide bonds. The van der Waals surface area contributed by atoms with Crippen molar-refractivity contribution in [3.05, 3.63) is 34.9 Å². The molecule has 0 aromatic heterocycles. The second kappa shape index (κ2) is 7.00. The maximum Gasteiger partial charge on any atom is 0.0587 e. The van der Waals surface area contributed by atoms with Crippen LogP contribution < -0.4 is 5.32 Å². The topological polar surface area (TPSA) is 32.3 Å². The maximum absolute atomic E-state index is 9.35. The first-order valence-electron chi connectivity index (χ1n) is 6.20. The Hall–Kier alpha value is -0.570. The van der Waals surface area contributed by atoms with Gasteiger partial charge >= 0.3 is 0 Å². The lowest BCUT2D eigenvalue weighted by atomic mass is 9.99. The first-order valence-corrected chi connectivity index (χ1v) is 6.58. The summed E-state index contributed by atoms with van der Waals surface area (Å²) in [6.07, 6.45) is 0.991. The molecule has 2 unspecified atom stereocenters. The molecule has 3 heteroatoms. The molecule has 0 heterocycles. The normalized spacial score (nSPS) is 14.9. The molecule has 1 rings (SSSR count). The largest absolute Gasteiger partial charge is 0.395 e. The van der Waals surface area contributed by atoms with E-state index in [2.05, 4.69) is 26.1 Å². The molecule has 1 aromatic rings. The number of aliphatic hydroxyl groups is 1. The van der Waals surface area contributed by atoms with Gasteiger partial charge in [0.05, 0.1) is 6.61 Å². The van der Waals surface area contributed by atoms with Crippen LogP contribution in [-0.2, 0) is 0 Å². The van der Waals surface area contributed by atoms with Crippen molar-refractivity contribution in [1.29, 1.82) is 0 Å². The molecule has 0 aliphatic heterocycles. The Kier molecular flexibility index (Phi) is 5.96. The predicted molar refractivity (Wildman–Crippen MR) is 73.3 cm³/mol. The van der Waals surface area contributed by atoms with Gasteiger partial charge in [0.1, 0.15) is 0 Å². The van der Waals surface area contributed by atoms with Gasteiger partial charge in [0, 0.05) is 17.1 Å². The summed E-state index contributed by atoms with van der Waals surface area (Å²) in [7, 11) is 0. The van der Waals surface area contributed by atoms with Crippen molar-refractivity contribution >= 4 is 11.6 Å². The number of halogens is 1. The third kappa shape index (κ3) is 4.30. The highest BCUT2D eigenvalue weighted by Crippen LogP contribution is 2.20. The quantitative estimate of drug-likeness (QED) is 0.817. The molecule has 96 valence electrons. The van der Waals surface area contributed by atoms with E-state index in [-0.39, 0.29) is 18.7 Å². The van der Waals surface area contributed by atoms with Crippen LogP contribution in [0.15, 0.2) is 24.3 Å². The molecule has 2 atom stereocenters. The number of hydrogen-bond donors (Lipinski definition) is 2. The summed E-state index contributed by atoms with van der Waals surface area (Å²) in [6, 6.07) is 8.30. The van der Waals surface area contributed by atoms with E-state index in [0.29, 0.717) is 5.92 Å². The minimum Gasteiger partial charge on any atom is -0.395 e. The van der Waals surface area contributed by atoms with E-state index in [1.807, 2.05) is 24.3 Å². The van der Waals surface area contributed by atoms with Crippen molar-refractivity contribution in [2.24, 2.45) is 5.92 Å². The van der Waals surface area contributed by atoms with Crippen molar-refractivity contribution in [3.63, 3.8) is 0 Å². The minimum atomic E-state index is 0.135. The lowest BCUT2D eigenvalue weighted by Gasteiger charge is -2.26. The molecule has 1 aromatic carbocycles. The van der Waals surface area contributed by atoms with Crippen molar-refractivity contribution in [2.45, 2.75) is 39.3 Å². The highest BCUT2D eigenvalue weighted by molar-refractivity contribution is 6.30. The number of rotatable bonds is 6. The Morgan fingerprint density at radius 3 is 2.24 bits per heavy atom. The third-order valence-corrected chi connectivity index (χ3v) is 3.35. The van der Waals surface area contributed by atoms with Crippen molar-refractivity contribution in [1.82, 2.24) is 5.32 Å². The highest BCUT2D eigenvalue weighted by atomic mass is 35.5. The van der Waals surface area contributed by atoms with E-state index in [9.17, 15) is 5.11 Å². The van der Waals surface area contributed by atoms with Crippen LogP contribution >= 0.6 is 11.6 Å². The molecule has 0 aliphatic rings. The zero-order chi connectivity index (χ0) is 12.8. The van der Waals surface area contributed by atoms with E-state index in [1.54, 1.807) is 0 Å². The van der Waals surface area contributed by atoms with Crippen molar-refractivity contribution < 1.29 is 5.11 Å². The average Bonchev–Trinajstić information content (AvgIpc) is 2.32. The lowest BCUT2D eigenvalue weighted by molar-refractivity contribution is 0.198. The minimum absolute atomic E-state index is 0.135. The zero-order valence-electron chi connectivity index (χ0n) is 10.8. The maximum atomic E-state index is 9.35. The van der Waals surface area contributed by atoms with Gasteiger partial charge in [-0.3, -0.25) is 0 Å². The summed E-state index contributed by atoms with van der Waals surface area (Å²) >= 11 is 5.88. The summed E-state index contributed by atoms with van der Waals surface area (Å²) in [5, 5.41) is 13.6. The summed E-state index contributed by atoms with van der Waals surface area (Å²) in [5.41, 5.74) is 1.22. The number of benzene rings is 1. The smallest absolute Gasteiger partial charge is 0.0587 e. The SMILES string of the molecule is CCC(NC(CO)C(C)C)c1ccc(Cl)cc1. The summed E-state index contributed by atoms with van der Waals surface area (Å²) in [5.74, 6) is 0.418. The number of nitrogens with one attached hydrogen (secondary N) is 1. The third-order valence-electron chi connectivity index (χ3n) is 3.10. The van der Waals surface area contributed by atoms with E-state index in [0.717, 1.165) is 11.4 Å². The van der Waals surface area contributed by atoms with Gasteiger partial charge in [0.2, 0.25) is 0 Å². The van der Waals surface area contributed by atoms with Crippen LogP contribution in [0.2, 0.25) is 5.02 Å². The summed E-state index contributed by atoms with van der Waals surface area (Å²) < 4.78 is 0. The molecule has 17 heavy (non-hydrogen) atoms. The van der Waals surface area contributed by atoms with Crippen LogP contribution in [0.25, 0.3) is 0 Å². The molecule has 0 aliphatic carbocycles. The number of aliphatic hydroxyl groups excluding tert-OH is 1. The Bertz CT molecular complexity index is 323. The van der Waals surface area contributed by atoms with E-state index in [4.69, 9.17) is 11.6 Å². The van der Waals surface area contributed by atoms with Gasteiger partial charge in [-0.15, -0.1) is 0 Å².